The molecule has 1 saturated heterocycles. The van der Waals surface area contributed by atoms with Crippen molar-refractivity contribution in [1.82, 2.24) is 20.5 Å². The van der Waals surface area contributed by atoms with Crippen LogP contribution in [-0.2, 0) is 0 Å². The summed E-state index contributed by atoms with van der Waals surface area (Å²) < 4.78 is 0. The van der Waals surface area contributed by atoms with E-state index in [0.29, 0.717) is 30.8 Å². The SMILES string of the molecule is CCCNC(=O)c1cccc(C(=O)N2CCNCC2c2cccnc2)c1.Cl. The molecule has 0 aliphatic carbocycles. The van der Waals surface area contributed by atoms with Crippen molar-refractivity contribution >= 4 is 24.2 Å². The number of hydrogen-bond acceptors (Lipinski definition) is 4. The number of carbonyl (C=O) groups is 2. The van der Waals surface area contributed by atoms with Crippen LogP contribution in [0.2, 0.25) is 0 Å². The molecular weight excluding hydrogens is 364 g/mol. The number of rotatable bonds is 5. The number of carbonyl (C=O) groups excluding carboxylic acids is 2. The molecule has 1 aromatic carbocycles. The van der Waals surface area contributed by atoms with E-state index >= 15 is 0 Å². The highest BCUT2D eigenvalue weighted by Crippen LogP contribution is 2.23. The second-order valence-electron chi connectivity index (χ2n) is 6.34. The Morgan fingerprint density at radius 2 is 2.07 bits per heavy atom. The normalized spacial score (nSPS) is 16.3. The highest BCUT2D eigenvalue weighted by atomic mass is 35.5. The Bertz CT molecular complexity index is 770. The molecule has 27 heavy (non-hydrogen) atoms. The predicted molar refractivity (Wildman–Crippen MR) is 107 cm³/mol. The maximum absolute atomic E-state index is 13.1. The maximum atomic E-state index is 13.1. The molecule has 0 radical (unpaired) electrons. The molecule has 1 aliphatic heterocycles. The van der Waals surface area contributed by atoms with E-state index in [1.54, 1.807) is 36.7 Å². The van der Waals surface area contributed by atoms with Crippen molar-refractivity contribution in [3.05, 3.63) is 65.5 Å². The van der Waals surface area contributed by atoms with Crippen LogP contribution >= 0.6 is 12.4 Å². The largest absolute Gasteiger partial charge is 0.352 e. The van der Waals surface area contributed by atoms with Crippen molar-refractivity contribution in [1.29, 1.82) is 0 Å². The second-order valence-corrected chi connectivity index (χ2v) is 6.34. The molecule has 2 aromatic rings. The second kappa shape index (κ2) is 10.0. The summed E-state index contributed by atoms with van der Waals surface area (Å²) in [5.74, 6) is -0.212. The van der Waals surface area contributed by atoms with E-state index in [9.17, 15) is 9.59 Å². The highest BCUT2D eigenvalue weighted by molar-refractivity contribution is 5.99. The van der Waals surface area contributed by atoms with E-state index in [4.69, 9.17) is 0 Å². The number of amides is 2. The lowest BCUT2D eigenvalue weighted by molar-refractivity contribution is 0.0634. The van der Waals surface area contributed by atoms with Gasteiger partial charge in [-0.15, -0.1) is 12.4 Å². The zero-order valence-electron chi connectivity index (χ0n) is 15.4. The van der Waals surface area contributed by atoms with Gasteiger partial charge in [0.2, 0.25) is 0 Å². The van der Waals surface area contributed by atoms with Gasteiger partial charge in [-0.1, -0.05) is 19.1 Å². The van der Waals surface area contributed by atoms with Gasteiger partial charge in [-0.2, -0.15) is 0 Å². The number of aromatic nitrogens is 1. The van der Waals surface area contributed by atoms with Gasteiger partial charge in [0.15, 0.2) is 0 Å². The summed E-state index contributed by atoms with van der Waals surface area (Å²) in [6.45, 7) is 4.68. The van der Waals surface area contributed by atoms with Crippen LogP contribution < -0.4 is 10.6 Å². The maximum Gasteiger partial charge on any atom is 0.254 e. The number of piperazine rings is 1. The van der Waals surface area contributed by atoms with Crippen LogP contribution in [0.4, 0.5) is 0 Å². The van der Waals surface area contributed by atoms with Crippen molar-refractivity contribution < 1.29 is 9.59 Å². The van der Waals surface area contributed by atoms with Gasteiger partial charge in [0.1, 0.15) is 0 Å². The molecule has 2 amide bonds. The Morgan fingerprint density at radius 3 is 2.81 bits per heavy atom. The number of hydrogen-bond donors (Lipinski definition) is 2. The molecule has 0 bridgehead atoms. The van der Waals surface area contributed by atoms with Crippen molar-refractivity contribution in [3.8, 4) is 0 Å². The van der Waals surface area contributed by atoms with Gasteiger partial charge in [-0.25, -0.2) is 0 Å². The van der Waals surface area contributed by atoms with Gasteiger partial charge in [-0.05, 0) is 36.2 Å². The van der Waals surface area contributed by atoms with E-state index in [2.05, 4.69) is 15.6 Å². The fraction of sp³-hybridized carbons (Fsp3) is 0.350. The fourth-order valence-corrected chi connectivity index (χ4v) is 3.12. The van der Waals surface area contributed by atoms with Crippen molar-refractivity contribution in [2.45, 2.75) is 19.4 Å². The van der Waals surface area contributed by atoms with Crippen LogP contribution in [0.25, 0.3) is 0 Å². The molecule has 1 aromatic heterocycles. The first-order chi connectivity index (χ1) is 12.7. The molecule has 1 fully saturated rings. The standard InChI is InChI=1S/C20H24N4O2.ClH/c1-2-8-23-19(25)15-5-3-6-16(12-15)20(26)24-11-10-22-14-18(24)17-7-4-9-21-13-17;/h3-7,9,12-13,18,22H,2,8,10-11,14H2,1H3,(H,23,25);1H. The van der Waals surface area contributed by atoms with Crippen molar-refractivity contribution in [2.24, 2.45) is 0 Å². The average molecular weight is 389 g/mol. The number of nitrogens with zero attached hydrogens (tertiary/aromatic N) is 2. The zero-order chi connectivity index (χ0) is 18.4. The van der Waals surface area contributed by atoms with E-state index in [-0.39, 0.29) is 30.3 Å². The quantitative estimate of drug-likeness (QED) is 0.825. The van der Waals surface area contributed by atoms with Gasteiger partial charge >= 0.3 is 0 Å². The predicted octanol–water partition coefficient (Wildman–Crippen LogP) is 2.43. The van der Waals surface area contributed by atoms with E-state index in [0.717, 1.165) is 18.5 Å². The highest BCUT2D eigenvalue weighted by Gasteiger charge is 2.29. The molecule has 1 aliphatic rings. The third kappa shape index (κ3) is 5.05. The molecule has 7 heteroatoms. The molecule has 1 unspecified atom stereocenters. The molecule has 144 valence electrons. The molecule has 0 spiro atoms. The van der Waals surface area contributed by atoms with E-state index in [1.807, 2.05) is 24.0 Å². The Morgan fingerprint density at radius 1 is 1.26 bits per heavy atom. The first-order valence-corrected chi connectivity index (χ1v) is 9.00. The molecule has 6 nitrogen and oxygen atoms in total. The van der Waals surface area contributed by atoms with Crippen molar-refractivity contribution in [3.63, 3.8) is 0 Å². The molecule has 1 atom stereocenters. The van der Waals surface area contributed by atoms with Gasteiger partial charge in [0.05, 0.1) is 6.04 Å². The summed E-state index contributed by atoms with van der Waals surface area (Å²) in [5.41, 5.74) is 2.05. The Balaban J connectivity index is 0.00000261. The minimum Gasteiger partial charge on any atom is -0.352 e. The summed E-state index contributed by atoms with van der Waals surface area (Å²) in [5, 5.41) is 6.18. The molecular formula is C20H25ClN4O2. The average Bonchev–Trinajstić information content (AvgIpc) is 2.72. The van der Waals surface area contributed by atoms with Gasteiger partial charge < -0.3 is 15.5 Å². The molecule has 0 saturated carbocycles. The minimum absolute atomic E-state index is 0. The minimum atomic E-state index is -0.148. The third-order valence-electron chi connectivity index (χ3n) is 4.48. The van der Waals surface area contributed by atoms with Crippen LogP contribution in [-0.4, -0.2) is 47.9 Å². The van der Waals surface area contributed by atoms with E-state index in [1.165, 1.54) is 0 Å². The lowest BCUT2D eigenvalue weighted by Gasteiger charge is -2.36. The molecule has 2 heterocycles. The van der Waals surface area contributed by atoms with Gasteiger partial charge in [0, 0.05) is 49.7 Å². The number of nitrogens with one attached hydrogen (secondary N) is 2. The monoisotopic (exact) mass is 388 g/mol. The van der Waals surface area contributed by atoms with Gasteiger partial charge in [-0.3, -0.25) is 14.6 Å². The Labute approximate surface area is 165 Å². The smallest absolute Gasteiger partial charge is 0.254 e. The van der Waals surface area contributed by atoms with Crippen LogP contribution in [0, 0.1) is 0 Å². The van der Waals surface area contributed by atoms with Crippen LogP contribution in [0.5, 0.6) is 0 Å². The summed E-state index contributed by atoms with van der Waals surface area (Å²) in [4.78, 5) is 31.3. The topological polar surface area (TPSA) is 74.3 Å². The van der Waals surface area contributed by atoms with Gasteiger partial charge in [0.25, 0.3) is 11.8 Å². The molecule has 2 N–H and O–H groups in total. The summed E-state index contributed by atoms with van der Waals surface area (Å²) in [6, 6.07) is 10.7. The first-order valence-electron chi connectivity index (χ1n) is 9.00. The Kier molecular flexibility index (Phi) is 7.76. The number of pyridine rings is 1. The first kappa shape index (κ1) is 20.9. The number of benzene rings is 1. The van der Waals surface area contributed by atoms with E-state index < -0.39 is 0 Å². The fourth-order valence-electron chi connectivity index (χ4n) is 3.12. The van der Waals surface area contributed by atoms with Crippen LogP contribution in [0.3, 0.4) is 0 Å². The molecule has 3 rings (SSSR count). The lowest BCUT2D eigenvalue weighted by atomic mass is 10.0. The van der Waals surface area contributed by atoms with Crippen molar-refractivity contribution in [2.75, 3.05) is 26.2 Å². The summed E-state index contributed by atoms with van der Waals surface area (Å²) >= 11 is 0. The van der Waals surface area contributed by atoms with Crippen LogP contribution in [0.15, 0.2) is 48.8 Å². The Hall–Kier alpha value is -2.44. The van der Waals surface area contributed by atoms with Crippen LogP contribution in [0.1, 0.15) is 45.7 Å². The third-order valence-corrected chi connectivity index (χ3v) is 4.48. The summed E-state index contributed by atoms with van der Waals surface area (Å²) in [6.07, 6.45) is 4.40. The lowest BCUT2D eigenvalue weighted by Crippen LogP contribution is -2.48. The number of halogens is 1. The summed E-state index contributed by atoms with van der Waals surface area (Å²) in [7, 11) is 0. The zero-order valence-corrected chi connectivity index (χ0v) is 16.2.